The molecule has 1 rings (SSSR count). The van der Waals surface area contributed by atoms with Gasteiger partial charge in [0.25, 0.3) is 0 Å². The zero-order valence-electron chi connectivity index (χ0n) is 6.65. The van der Waals surface area contributed by atoms with E-state index in [1.807, 2.05) is 0 Å². The van der Waals surface area contributed by atoms with E-state index in [1.165, 1.54) is 12.8 Å². The van der Waals surface area contributed by atoms with E-state index >= 15 is 0 Å². The molecule has 0 spiro atoms. The maximum Gasteiger partial charge on any atom is -0.0146 e. The lowest BCUT2D eigenvalue weighted by molar-refractivity contribution is 0.724. The van der Waals surface area contributed by atoms with Crippen molar-refractivity contribution < 1.29 is 0 Å². The molecule has 0 bridgehead atoms. The minimum Gasteiger partial charge on any atom is -0.0854 e. The Kier molecular flexibility index (Phi) is 1.65. The third-order valence-electron chi connectivity index (χ3n) is 1.92. The van der Waals surface area contributed by atoms with Crippen LogP contribution in [-0.4, -0.2) is 0 Å². The Morgan fingerprint density at radius 1 is 1.33 bits per heavy atom. The predicted molar refractivity (Wildman–Crippen MR) is 41.3 cm³/mol. The fraction of sp³-hybridized carbons (Fsp3) is 0.778. The van der Waals surface area contributed by atoms with Crippen molar-refractivity contribution in [1.82, 2.24) is 0 Å². The highest BCUT2D eigenvalue weighted by Crippen LogP contribution is 2.46. The molecule has 0 aromatic heterocycles. The van der Waals surface area contributed by atoms with Crippen molar-refractivity contribution in [2.45, 2.75) is 33.6 Å². The summed E-state index contributed by atoms with van der Waals surface area (Å²) in [7, 11) is 0. The van der Waals surface area contributed by atoms with Crippen LogP contribution in [0.3, 0.4) is 0 Å². The highest BCUT2D eigenvalue weighted by molar-refractivity contribution is 5.06. The summed E-state index contributed by atoms with van der Waals surface area (Å²) in [4.78, 5) is 0. The number of allylic oxidation sites excluding steroid dienone is 2. The van der Waals surface area contributed by atoms with Gasteiger partial charge >= 0.3 is 0 Å². The number of rotatable bonds is 2. The van der Waals surface area contributed by atoms with Crippen LogP contribution in [0, 0.1) is 11.3 Å². The van der Waals surface area contributed by atoms with Crippen LogP contribution in [0.2, 0.25) is 0 Å². The summed E-state index contributed by atoms with van der Waals surface area (Å²) in [6.07, 6.45) is 7.48. The van der Waals surface area contributed by atoms with Crippen LogP contribution >= 0.6 is 0 Å². The molecule has 1 fully saturated rings. The van der Waals surface area contributed by atoms with Crippen molar-refractivity contribution in [3.8, 4) is 0 Å². The molecule has 0 nitrogen and oxygen atoms in total. The lowest BCUT2D eigenvalue weighted by Gasteiger charge is -1.99. The minimum absolute atomic E-state index is 0.601. The quantitative estimate of drug-likeness (QED) is 0.496. The summed E-state index contributed by atoms with van der Waals surface area (Å²) in [5.74, 6) is 0.724. The van der Waals surface area contributed by atoms with Crippen molar-refractivity contribution in [2.24, 2.45) is 11.3 Å². The predicted octanol–water partition coefficient (Wildman–Crippen LogP) is 3.00. The van der Waals surface area contributed by atoms with Crippen molar-refractivity contribution in [2.75, 3.05) is 0 Å². The van der Waals surface area contributed by atoms with Crippen LogP contribution in [0.1, 0.15) is 33.6 Å². The Balaban J connectivity index is 2.31. The number of hydrogen-bond donors (Lipinski definition) is 0. The van der Waals surface area contributed by atoms with Gasteiger partial charge < -0.3 is 0 Å². The highest BCUT2D eigenvalue weighted by Gasteiger charge is 2.33. The van der Waals surface area contributed by atoms with E-state index in [9.17, 15) is 0 Å². The van der Waals surface area contributed by atoms with E-state index in [-0.39, 0.29) is 0 Å². The van der Waals surface area contributed by atoms with Gasteiger partial charge in [-0.05, 0) is 24.2 Å². The molecule has 0 atom stereocenters. The van der Waals surface area contributed by atoms with Gasteiger partial charge in [-0.3, -0.25) is 0 Å². The molecule has 52 valence electrons. The van der Waals surface area contributed by atoms with Gasteiger partial charge in [-0.1, -0.05) is 32.9 Å². The van der Waals surface area contributed by atoms with Gasteiger partial charge in [0.15, 0.2) is 0 Å². The first-order valence-corrected chi connectivity index (χ1v) is 3.82. The molecule has 0 heteroatoms. The highest BCUT2D eigenvalue weighted by atomic mass is 14.4. The molecule has 0 unspecified atom stereocenters. The summed E-state index contributed by atoms with van der Waals surface area (Å²) in [6, 6.07) is 0. The smallest absolute Gasteiger partial charge is 0.0146 e. The largest absolute Gasteiger partial charge is 0.0854 e. The van der Waals surface area contributed by atoms with Crippen LogP contribution in [0.25, 0.3) is 0 Å². The molecule has 0 heterocycles. The molecular weight excluding hydrogens is 108 g/mol. The topological polar surface area (TPSA) is 0 Å². The zero-order valence-corrected chi connectivity index (χ0v) is 6.65. The van der Waals surface area contributed by atoms with E-state index in [0.29, 0.717) is 5.41 Å². The molecule has 0 amide bonds. The van der Waals surface area contributed by atoms with Crippen LogP contribution in [-0.2, 0) is 0 Å². The average molecular weight is 124 g/mol. The molecule has 9 heavy (non-hydrogen) atoms. The third kappa shape index (κ3) is 2.21. The summed E-state index contributed by atoms with van der Waals surface area (Å²) < 4.78 is 0. The van der Waals surface area contributed by atoms with E-state index in [2.05, 4.69) is 32.9 Å². The summed E-state index contributed by atoms with van der Waals surface area (Å²) in [5, 5.41) is 0. The molecule has 0 aromatic rings. The second-order valence-electron chi connectivity index (χ2n) is 3.76. The van der Waals surface area contributed by atoms with E-state index in [0.717, 1.165) is 5.92 Å². The standard InChI is InChI=1S/C9H16/c1-8(2)4-5-9(3)6-7-9/h4-5,8H,6-7H2,1-3H3. The van der Waals surface area contributed by atoms with Crippen molar-refractivity contribution in [3.63, 3.8) is 0 Å². The van der Waals surface area contributed by atoms with E-state index in [1.54, 1.807) is 0 Å². The SMILES string of the molecule is CC(C)C=CC1(C)CC1. The fourth-order valence-corrected chi connectivity index (χ4v) is 0.789. The lowest BCUT2D eigenvalue weighted by atomic mass is 10.1. The van der Waals surface area contributed by atoms with Crippen molar-refractivity contribution in [3.05, 3.63) is 12.2 Å². The first-order chi connectivity index (χ1) is 4.12. The van der Waals surface area contributed by atoms with Crippen LogP contribution < -0.4 is 0 Å². The Hall–Kier alpha value is -0.260. The Bertz CT molecular complexity index is 116. The summed E-state index contributed by atoms with van der Waals surface area (Å²) in [6.45, 7) is 6.77. The molecule has 0 radical (unpaired) electrons. The van der Waals surface area contributed by atoms with Gasteiger partial charge in [-0.15, -0.1) is 0 Å². The fourth-order valence-electron chi connectivity index (χ4n) is 0.789. The molecule has 0 saturated heterocycles. The molecule has 0 aromatic carbocycles. The van der Waals surface area contributed by atoms with E-state index < -0.39 is 0 Å². The second kappa shape index (κ2) is 2.17. The Labute approximate surface area is 58.0 Å². The minimum atomic E-state index is 0.601. The summed E-state index contributed by atoms with van der Waals surface area (Å²) >= 11 is 0. The molecule has 1 saturated carbocycles. The third-order valence-corrected chi connectivity index (χ3v) is 1.92. The normalized spacial score (nSPS) is 23.6. The van der Waals surface area contributed by atoms with Crippen molar-refractivity contribution >= 4 is 0 Å². The van der Waals surface area contributed by atoms with Gasteiger partial charge in [0.1, 0.15) is 0 Å². The second-order valence-corrected chi connectivity index (χ2v) is 3.76. The monoisotopic (exact) mass is 124 g/mol. The maximum absolute atomic E-state index is 2.37. The van der Waals surface area contributed by atoms with E-state index in [4.69, 9.17) is 0 Å². The molecule has 0 N–H and O–H groups in total. The Morgan fingerprint density at radius 2 is 1.89 bits per heavy atom. The molecule has 1 aliphatic carbocycles. The Morgan fingerprint density at radius 3 is 2.22 bits per heavy atom. The molecular formula is C9H16. The van der Waals surface area contributed by atoms with Gasteiger partial charge in [0.2, 0.25) is 0 Å². The average Bonchev–Trinajstić information content (AvgIpc) is 2.45. The maximum atomic E-state index is 2.37. The first kappa shape index (κ1) is 6.85. The zero-order chi connectivity index (χ0) is 6.91. The van der Waals surface area contributed by atoms with Gasteiger partial charge in [0.05, 0.1) is 0 Å². The first-order valence-electron chi connectivity index (χ1n) is 3.82. The van der Waals surface area contributed by atoms with Gasteiger partial charge in [0, 0.05) is 0 Å². The van der Waals surface area contributed by atoms with Crippen LogP contribution in [0.5, 0.6) is 0 Å². The molecule has 1 aliphatic rings. The summed E-state index contributed by atoms with van der Waals surface area (Å²) in [5.41, 5.74) is 0.601. The van der Waals surface area contributed by atoms with Gasteiger partial charge in [-0.2, -0.15) is 0 Å². The van der Waals surface area contributed by atoms with Crippen LogP contribution in [0.15, 0.2) is 12.2 Å². The molecule has 0 aliphatic heterocycles. The lowest BCUT2D eigenvalue weighted by Crippen LogP contribution is -1.86. The van der Waals surface area contributed by atoms with Crippen LogP contribution in [0.4, 0.5) is 0 Å². The number of hydrogen-bond acceptors (Lipinski definition) is 0. The van der Waals surface area contributed by atoms with Crippen molar-refractivity contribution in [1.29, 1.82) is 0 Å². The van der Waals surface area contributed by atoms with Gasteiger partial charge in [-0.25, -0.2) is 0 Å².